The topological polar surface area (TPSA) is 49.8 Å². The van der Waals surface area contributed by atoms with Crippen molar-refractivity contribution in [1.29, 1.82) is 0 Å². The molecule has 2 aromatic carbocycles. The van der Waals surface area contributed by atoms with Gasteiger partial charge in [-0.15, -0.1) is 0 Å². The summed E-state index contributed by atoms with van der Waals surface area (Å²) in [7, 11) is 0. The molecule has 0 saturated carbocycles. The average molecular weight is 376 g/mol. The van der Waals surface area contributed by atoms with Gasteiger partial charge in [0.05, 0.1) is 5.92 Å². The summed E-state index contributed by atoms with van der Waals surface area (Å²) in [4.78, 5) is 13.2. The van der Waals surface area contributed by atoms with E-state index in [2.05, 4.69) is 20.8 Å². The van der Waals surface area contributed by atoms with Crippen LogP contribution in [0.25, 0.3) is 0 Å². The molecule has 0 radical (unpaired) electrons. The van der Waals surface area contributed by atoms with Crippen LogP contribution in [0, 0.1) is 5.92 Å². The van der Waals surface area contributed by atoms with Crippen LogP contribution in [0.15, 0.2) is 53.0 Å². The van der Waals surface area contributed by atoms with Crippen molar-refractivity contribution in [3.05, 3.63) is 58.6 Å². The van der Waals surface area contributed by atoms with Gasteiger partial charge >= 0.3 is 5.97 Å². The number of halogens is 1. The smallest absolute Gasteiger partial charge is 0.307 e. The molecule has 1 N–H and O–H groups in total. The fraction of sp³-hybridized carbons (Fsp3) is 0.278. The molecular weight excluding hydrogens is 358 g/mol. The van der Waals surface area contributed by atoms with Crippen LogP contribution in [0.1, 0.15) is 12.0 Å². The zero-order valence-electron chi connectivity index (χ0n) is 12.6. The van der Waals surface area contributed by atoms with Crippen LogP contribution in [-0.2, 0) is 11.3 Å². The van der Waals surface area contributed by atoms with Crippen LogP contribution < -0.4 is 4.74 Å². The van der Waals surface area contributed by atoms with E-state index in [0.717, 1.165) is 41.0 Å². The number of carboxylic acids is 1. The number of carbonyl (C=O) groups is 1. The molecule has 1 unspecified atom stereocenters. The van der Waals surface area contributed by atoms with Crippen molar-refractivity contribution in [2.45, 2.75) is 13.0 Å². The van der Waals surface area contributed by atoms with E-state index in [-0.39, 0.29) is 5.92 Å². The van der Waals surface area contributed by atoms with Gasteiger partial charge in [-0.1, -0.05) is 34.1 Å². The summed E-state index contributed by atoms with van der Waals surface area (Å²) in [6.45, 7) is 2.25. The second-order valence-corrected chi connectivity index (χ2v) is 6.68. The molecule has 0 bridgehead atoms. The van der Waals surface area contributed by atoms with E-state index < -0.39 is 5.97 Å². The Bertz CT molecular complexity index is 687. The zero-order chi connectivity index (χ0) is 16.2. The normalized spacial score (nSPS) is 18.0. The van der Waals surface area contributed by atoms with Crippen LogP contribution in [0.2, 0.25) is 0 Å². The maximum absolute atomic E-state index is 11.0. The van der Waals surface area contributed by atoms with Crippen molar-refractivity contribution >= 4 is 21.9 Å². The van der Waals surface area contributed by atoms with E-state index >= 15 is 0 Å². The Morgan fingerprint density at radius 2 is 2.00 bits per heavy atom. The summed E-state index contributed by atoms with van der Waals surface area (Å²) in [5, 5.41) is 9.05. The minimum absolute atomic E-state index is 0.228. The van der Waals surface area contributed by atoms with E-state index in [1.54, 1.807) is 0 Å². The van der Waals surface area contributed by atoms with Crippen molar-refractivity contribution in [2.24, 2.45) is 5.92 Å². The molecule has 120 valence electrons. The molecule has 4 nitrogen and oxygen atoms in total. The number of aliphatic carboxylic acids is 1. The number of hydrogen-bond acceptors (Lipinski definition) is 3. The molecule has 1 fully saturated rings. The Labute approximate surface area is 143 Å². The Balaban J connectivity index is 1.58. The number of likely N-dealkylation sites (tertiary alicyclic amines) is 1. The van der Waals surface area contributed by atoms with Gasteiger partial charge in [0, 0.05) is 17.6 Å². The monoisotopic (exact) mass is 375 g/mol. The first kappa shape index (κ1) is 16.0. The zero-order valence-corrected chi connectivity index (χ0v) is 14.2. The molecule has 1 aliphatic heterocycles. The lowest BCUT2D eigenvalue weighted by molar-refractivity contribution is -0.141. The van der Waals surface area contributed by atoms with Crippen molar-refractivity contribution in [3.8, 4) is 11.5 Å². The molecule has 0 aliphatic carbocycles. The van der Waals surface area contributed by atoms with Crippen LogP contribution in [0.4, 0.5) is 0 Å². The van der Waals surface area contributed by atoms with Gasteiger partial charge in [-0.3, -0.25) is 9.69 Å². The van der Waals surface area contributed by atoms with E-state index in [0.29, 0.717) is 6.54 Å². The van der Waals surface area contributed by atoms with Crippen molar-refractivity contribution in [1.82, 2.24) is 4.90 Å². The molecule has 23 heavy (non-hydrogen) atoms. The molecule has 2 aromatic rings. The molecule has 1 saturated heterocycles. The van der Waals surface area contributed by atoms with Crippen LogP contribution >= 0.6 is 15.9 Å². The highest BCUT2D eigenvalue weighted by Gasteiger charge is 2.27. The first-order valence-electron chi connectivity index (χ1n) is 7.58. The molecule has 1 heterocycles. The minimum Gasteiger partial charge on any atom is -0.481 e. The maximum Gasteiger partial charge on any atom is 0.307 e. The van der Waals surface area contributed by atoms with Gasteiger partial charge in [-0.25, -0.2) is 0 Å². The third-order valence-electron chi connectivity index (χ3n) is 3.98. The maximum atomic E-state index is 11.0. The molecule has 1 atom stereocenters. The van der Waals surface area contributed by atoms with E-state index in [1.807, 2.05) is 48.5 Å². The Kier molecular flexibility index (Phi) is 4.98. The molecule has 1 aliphatic rings. The largest absolute Gasteiger partial charge is 0.481 e. The molecular formula is C18H18BrNO3. The summed E-state index contributed by atoms with van der Waals surface area (Å²) in [5.41, 5.74) is 1.16. The Morgan fingerprint density at radius 3 is 2.65 bits per heavy atom. The first-order chi connectivity index (χ1) is 11.1. The Morgan fingerprint density at radius 1 is 1.22 bits per heavy atom. The second kappa shape index (κ2) is 7.15. The fourth-order valence-electron chi connectivity index (χ4n) is 2.77. The van der Waals surface area contributed by atoms with Crippen LogP contribution in [0.5, 0.6) is 11.5 Å². The highest BCUT2D eigenvalue weighted by atomic mass is 79.9. The highest BCUT2D eigenvalue weighted by Crippen LogP contribution is 2.25. The van der Waals surface area contributed by atoms with E-state index in [4.69, 9.17) is 9.84 Å². The van der Waals surface area contributed by atoms with Gasteiger partial charge in [-0.05, 0) is 48.9 Å². The number of benzene rings is 2. The summed E-state index contributed by atoms with van der Waals surface area (Å²) in [5.74, 6) is 0.659. The van der Waals surface area contributed by atoms with Gasteiger partial charge in [0.1, 0.15) is 11.5 Å². The molecule has 0 aromatic heterocycles. The van der Waals surface area contributed by atoms with Gasteiger partial charge in [0.15, 0.2) is 0 Å². The van der Waals surface area contributed by atoms with Crippen LogP contribution in [0.3, 0.4) is 0 Å². The highest BCUT2D eigenvalue weighted by molar-refractivity contribution is 9.10. The lowest BCUT2D eigenvalue weighted by Gasteiger charge is -2.15. The fourth-order valence-corrected chi connectivity index (χ4v) is 3.14. The predicted molar refractivity (Wildman–Crippen MR) is 91.7 cm³/mol. The summed E-state index contributed by atoms with van der Waals surface area (Å²) >= 11 is 3.42. The first-order valence-corrected chi connectivity index (χ1v) is 8.37. The number of ether oxygens (including phenoxy) is 1. The molecule has 0 amide bonds. The summed E-state index contributed by atoms with van der Waals surface area (Å²) in [6, 6.07) is 15.7. The van der Waals surface area contributed by atoms with Gasteiger partial charge in [0.2, 0.25) is 0 Å². The molecule has 0 spiro atoms. The van der Waals surface area contributed by atoms with Gasteiger partial charge in [0.25, 0.3) is 0 Å². The van der Waals surface area contributed by atoms with Gasteiger partial charge < -0.3 is 9.84 Å². The Hall–Kier alpha value is -1.85. The third-order valence-corrected chi connectivity index (χ3v) is 4.48. The average Bonchev–Trinajstić information content (AvgIpc) is 2.98. The van der Waals surface area contributed by atoms with Gasteiger partial charge in [-0.2, -0.15) is 0 Å². The lowest BCUT2D eigenvalue weighted by Crippen LogP contribution is -2.22. The van der Waals surface area contributed by atoms with Crippen molar-refractivity contribution < 1.29 is 14.6 Å². The lowest BCUT2D eigenvalue weighted by atomic mass is 10.1. The second-order valence-electron chi connectivity index (χ2n) is 5.76. The van der Waals surface area contributed by atoms with E-state index in [9.17, 15) is 4.79 Å². The predicted octanol–water partition coefficient (Wildman–Crippen LogP) is 4.15. The quantitative estimate of drug-likeness (QED) is 0.852. The standard InChI is InChI=1S/C18H18BrNO3/c19-15-2-1-3-17(10-15)23-16-6-4-13(5-7-16)11-20-9-8-14(12-20)18(21)22/h1-7,10,14H,8-9,11-12H2,(H,21,22). The molecule has 3 rings (SSSR count). The van der Waals surface area contributed by atoms with Crippen LogP contribution in [-0.4, -0.2) is 29.1 Å². The van der Waals surface area contributed by atoms with Crippen molar-refractivity contribution in [2.75, 3.05) is 13.1 Å². The minimum atomic E-state index is -0.690. The summed E-state index contributed by atoms with van der Waals surface area (Å²) in [6.07, 6.45) is 0.736. The third kappa shape index (κ3) is 4.33. The summed E-state index contributed by atoms with van der Waals surface area (Å²) < 4.78 is 6.79. The SMILES string of the molecule is O=C(O)C1CCN(Cc2ccc(Oc3cccc(Br)c3)cc2)C1. The number of hydrogen-bond donors (Lipinski definition) is 1. The van der Waals surface area contributed by atoms with Crippen molar-refractivity contribution in [3.63, 3.8) is 0 Å². The number of nitrogens with zero attached hydrogens (tertiary/aromatic N) is 1. The number of rotatable bonds is 5. The number of carboxylic acid groups (broad SMARTS) is 1. The van der Waals surface area contributed by atoms with E-state index in [1.165, 1.54) is 0 Å². The molecule has 5 heteroatoms.